The SMILES string of the molecule is C=CCCCN(C)C(C)c1cccc(C(F)(F)F)c1F. The Morgan fingerprint density at radius 3 is 2.55 bits per heavy atom. The summed E-state index contributed by atoms with van der Waals surface area (Å²) in [5.41, 5.74) is -1.14. The van der Waals surface area contributed by atoms with Crippen LogP contribution in [0.4, 0.5) is 17.6 Å². The molecule has 0 aliphatic rings. The highest BCUT2D eigenvalue weighted by Crippen LogP contribution is 2.34. The standard InChI is InChI=1S/C15H19F4N/c1-4-5-6-10-20(3)11(2)12-8-7-9-13(14(12)16)15(17,18)19/h4,7-9,11H,1,5-6,10H2,2-3H3. The first kappa shape index (κ1) is 16.7. The molecule has 5 heteroatoms. The molecule has 1 nitrogen and oxygen atoms in total. The smallest absolute Gasteiger partial charge is 0.300 e. The van der Waals surface area contributed by atoms with Gasteiger partial charge in [0, 0.05) is 11.6 Å². The maximum atomic E-state index is 14.0. The van der Waals surface area contributed by atoms with E-state index in [1.807, 2.05) is 4.90 Å². The summed E-state index contributed by atoms with van der Waals surface area (Å²) in [6, 6.07) is 3.00. The van der Waals surface area contributed by atoms with Gasteiger partial charge in [-0.05, 0) is 39.4 Å². The topological polar surface area (TPSA) is 3.24 Å². The van der Waals surface area contributed by atoms with Crippen LogP contribution in [0.1, 0.15) is 36.9 Å². The lowest BCUT2D eigenvalue weighted by atomic mass is 10.0. The molecule has 0 saturated heterocycles. The minimum atomic E-state index is -4.67. The summed E-state index contributed by atoms with van der Waals surface area (Å²) in [7, 11) is 1.77. The quantitative estimate of drug-likeness (QED) is 0.413. The molecule has 0 heterocycles. The average molecular weight is 289 g/mol. The molecule has 1 atom stereocenters. The second-order valence-corrected chi connectivity index (χ2v) is 4.79. The van der Waals surface area contributed by atoms with Crippen molar-refractivity contribution in [1.29, 1.82) is 0 Å². The second kappa shape index (κ2) is 6.88. The summed E-state index contributed by atoms with van der Waals surface area (Å²) in [4.78, 5) is 1.84. The number of hydrogen-bond acceptors (Lipinski definition) is 1. The molecule has 0 amide bonds. The van der Waals surface area contributed by atoms with Crippen molar-refractivity contribution in [1.82, 2.24) is 4.90 Å². The van der Waals surface area contributed by atoms with Crippen molar-refractivity contribution in [2.75, 3.05) is 13.6 Å². The third-order valence-corrected chi connectivity index (χ3v) is 3.36. The Morgan fingerprint density at radius 2 is 2.00 bits per heavy atom. The van der Waals surface area contributed by atoms with Crippen molar-refractivity contribution in [2.24, 2.45) is 0 Å². The van der Waals surface area contributed by atoms with Gasteiger partial charge in [-0.25, -0.2) is 4.39 Å². The number of alkyl halides is 3. The lowest BCUT2D eigenvalue weighted by Crippen LogP contribution is -2.25. The van der Waals surface area contributed by atoms with Crippen molar-refractivity contribution in [3.05, 3.63) is 47.8 Å². The first-order valence-corrected chi connectivity index (χ1v) is 6.45. The van der Waals surface area contributed by atoms with Crippen LogP contribution in [0.15, 0.2) is 30.9 Å². The molecule has 112 valence electrons. The molecular formula is C15H19F4N. The Labute approximate surface area is 116 Å². The fraction of sp³-hybridized carbons (Fsp3) is 0.467. The predicted molar refractivity (Wildman–Crippen MR) is 71.9 cm³/mol. The van der Waals surface area contributed by atoms with Gasteiger partial charge in [0.1, 0.15) is 5.82 Å². The molecule has 1 aromatic carbocycles. The molecule has 0 bridgehead atoms. The van der Waals surface area contributed by atoms with Crippen LogP contribution in [0.5, 0.6) is 0 Å². The van der Waals surface area contributed by atoms with Crippen LogP contribution in [0.25, 0.3) is 0 Å². The molecule has 0 aliphatic heterocycles. The Morgan fingerprint density at radius 1 is 1.35 bits per heavy atom. The van der Waals surface area contributed by atoms with Crippen molar-refractivity contribution in [3.63, 3.8) is 0 Å². The zero-order chi connectivity index (χ0) is 15.3. The normalized spacial score (nSPS) is 13.6. The van der Waals surface area contributed by atoms with Crippen LogP contribution in [-0.2, 0) is 6.18 Å². The van der Waals surface area contributed by atoms with E-state index in [0.29, 0.717) is 6.54 Å². The van der Waals surface area contributed by atoms with Gasteiger partial charge in [-0.1, -0.05) is 18.2 Å². The van der Waals surface area contributed by atoms with Gasteiger partial charge in [-0.3, -0.25) is 4.90 Å². The summed E-state index contributed by atoms with van der Waals surface area (Å²) in [5.74, 6) is -1.18. The predicted octanol–water partition coefficient (Wildman–Crippen LogP) is 4.80. The minimum absolute atomic E-state index is 0.0703. The van der Waals surface area contributed by atoms with E-state index in [1.165, 1.54) is 12.1 Å². The largest absolute Gasteiger partial charge is 0.419 e. The highest BCUT2D eigenvalue weighted by atomic mass is 19.4. The third-order valence-electron chi connectivity index (χ3n) is 3.36. The van der Waals surface area contributed by atoms with E-state index < -0.39 is 23.6 Å². The van der Waals surface area contributed by atoms with E-state index in [1.54, 1.807) is 20.0 Å². The molecule has 0 spiro atoms. The summed E-state index contributed by atoms with van der Waals surface area (Å²) in [6.07, 6.45) is -1.22. The van der Waals surface area contributed by atoms with Gasteiger partial charge >= 0.3 is 6.18 Å². The van der Waals surface area contributed by atoms with E-state index in [2.05, 4.69) is 6.58 Å². The van der Waals surface area contributed by atoms with Crippen LogP contribution in [-0.4, -0.2) is 18.5 Å². The number of benzene rings is 1. The van der Waals surface area contributed by atoms with E-state index in [9.17, 15) is 17.6 Å². The molecule has 1 rings (SSSR count). The summed E-state index contributed by atoms with van der Waals surface area (Å²) >= 11 is 0. The van der Waals surface area contributed by atoms with E-state index in [4.69, 9.17) is 0 Å². The van der Waals surface area contributed by atoms with Gasteiger partial charge in [0.15, 0.2) is 0 Å². The fourth-order valence-corrected chi connectivity index (χ4v) is 2.01. The highest BCUT2D eigenvalue weighted by molar-refractivity contribution is 5.30. The highest BCUT2D eigenvalue weighted by Gasteiger charge is 2.35. The van der Waals surface area contributed by atoms with Crippen molar-refractivity contribution < 1.29 is 17.6 Å². The van der Waals surface area contributed by atoms with Gasteiger partial charge in [0.25, 0.3) is 0 Å². The fourth-order valence-electron chi connectivity index (χ4n) is 2.01. The molecular weight excluding hydrogens is 270 g/mol. The van der Waals surface area contributed by atoms with Gasteiger partial charge in [-0.15, -0.1) is 6.58 Å². The van der Waals surface area contributed by atoms with E-state index in [0.717, 1.165) is 18.9 Å². The number of allylic oxidation sites excluding steroid dienone is 1. The number of nitrogens with zero attached hydrogens (tertiary/aromatic N) is 1. The first-order valence-electron chi connectivity index (χ1n) is 6.45. The van der Waals surface area contributed by atoms with E-state index in [-0.39, 0.29) is 5.56 Å². The molecule has 0 fully saturated rings. The Hall–Kier alpha value is -1.36. The lowest BCUT2D eigenvalue weighted by Gasteiger charge is -2.26. The van der Waals surface area contributed by atoms with Gasteiger partial charge in [0.2, 0.25) is 0 Å². The van der Waals surface area contributed by atoms with Crippen LogP contribution in [0, 0.1) is 5.82 Å². The molecule has 0 saturated carbocycles. The van der Waals surface area contributed by atoms with Gasteiger partial charge in [-0.2, -0.15) is 13.2 Å². The van der Waals surface area contributed by atoms with Gasteiger partial charge in [0.05, 0.1) is 5.56 Å². The zero-order valence-electron chi connectivity index (χ0n) is 11.7. The van der Waals surface area contributed by atoms with Crippen molar-refractivity contribution >= 4 is 0 Å². The molecule has 0 aromatic heterocycles. The van der Waals surface area contributed by atoms with Crippen LogP contribution in [0.3, 0.4) is 0 Å². The third kappa shape index (κ3) is 4.07. The first-order chi connectivity index (χ1) is 9.29. The molecule has 1 aromatic rings. The maximum Gasteiger partial charge on any atom is 0.419 e. The summed E-state index contributed by atoms with van der Waals surface area (Å²) in [5, 5.41) is 0. The van der Waals surface area contributed by atoms with Crippen LogP contribution < -0.4 is 0 Å². The zero-order valence-corrected chi connectivity index (χ0v) is 11.7. The second-order valence-electron chi connectivity index (χ2n) is 4.79. The maximum absolute atomic E-state index is 14.0. The number of unbranched alkanes of at least 4 members (excludes halogenated alkanes) is 1. The Bertz CT molecular complexity index is 454. The van der Waals surface area contributed by atoms with E-state index >= 15 is 0 Å². The minimum Gasteiger partial charge on any atom is -0.300 e. The molecule has 0 N–H and O–H groups in total. The van der Waals surface area contributed by atoms with Crippen LogP contribution in [0.2, 0.25) is 0 Å². The number of halogens is 4. The Balaban J connectivity index is 2.93. The summed E-state index contributed by atoms with van der Waals surface area (Å²) < 4.78 is 52.0. The number of rotatable bonds is 6. The average Bonchev–Trinajstić information content (AvgIpc) is 2.37. The monoisotopic (exact) mass is 289 g/mol. The molecule has 0 radical (unpaired) electrons. The Kier molecular flexibility index (Phi) is 5.74. The van der Waals surface area contributed by atoms with Crippen molar-refractivity contribution in [3.8, 4) is 0 Å². The number of hydrogen-bond donors (Lipinski definition) is 0. The summed E-state index contributed by atoms with van der Waals surface area (Å²) in [6.45, 7) is 5.98. The van der Waals surface area contributed by atoms with Crippen LogP contribution >= 0.6 is 0 Å². The molecule has 1 unspecified atom stereocenters. The molecule has 20 heavy (non-hydrogen) atoms. The van der Waals surface area contributed by atoms with Crippen molar-refractivity contribution in [2.45, 2.75) is 32.0 Å². The van der Waals surface area contributed by atoms with Gasteiger partial charge < -0.3 is 0 Å². The molecule has 0 aliphatic carbocycles. The lowest BCUT2D eigenvalue weighted by molar-refractivity contribution is -0.140.